The zero-order chi connectivity index (χ0) is 24.0. The third-order valence-electron chi connectivity index (χ3n) is 12.1. The molecule has 5 rings (SSSR count). The standard InChI is InChI=1S/C30H48O3/c1-18(2)16-19-17-20(26(32)33-19)21-10-14-30(7)23-8-9-24-27(3,4)25(31)12-13-28(24,5)22(23)11-15-29(21,30)6/h8,16,19-22,24-26,31-32H,9-15,17H2,1-7H3/t19?,20-,21-,22-,24-,25+,26+,28+,29-,30+/m0/s1. The molecule has 3 nitrogen and oxygen atoms in total. The first-order valence-corrected chi connectivity index (χ1v) is 13.7. The summed E-state index contributed by atoms with van der Waals surface area (Å²) in [7, 11) is 0. The Morgan fingerprint density at radius 1 is 1.00 bits per heavy atom. The second-order valence-electron chi connectivity index (χ2n) is 14.0. The van der Waals surface area contributed by atoms with Crippen molar-refractivity contribution in [3.05, 3.63) is 23.3 Å². The number of aliphatic hydroxyl groups is 2. The Morgan fingerprint density at radius 3 is 2.42 bits per heavy atom. The van der Waals surface area contributed by atoms with E-state index in [4.69, 9.17) is 4.74 Å². The highest BCUT2D eigenvalue weighted by atomic mass is 16.6. The fraction of sp³-hybridized carbons (Fsp3) is 0.867. The van der Waals surface area contributed by atoms with Gasteiger partial charge in [-0.15, -0.1) is 0 Å². The van der Waals surface area contributed by atoms with Crippen LogP contribution in [-0.2, 0) is 4.74 Å². The van der Waals surface area contributed by atoms with Crippen molar-refractivity contribution in [1.82, 2.24) is 0 Å². The van der Waals surface area contributed by atoms with E-state index in [-0.39, 0.29) is 34.4 Å². The number of fused-ring (bicyclic) bond motifs is 5. The number of rotatable bonds is 2. The molecule has 1 unspecified atom stereocenters. The van der Waals surface area contributed by atoms with Crippen molar-refractivity contribution < 1.29 is 14.9 Å². The van der Waals surface area contributed by atoms with Gasteiger partial charge >= 0.3 is 0 Å². The van der Waals surface area contributed by atoms with E-state index in [9.17, 15) is 10.2 Å². The summed E-state index contributed by atoms with van der Waals surface area (Å²) in [5, 5.41) is 21.8. The van der Waals surface area contributed by atoms with Gasteiger partial charge in [0.25, 0.3) is 0 Å². The lowest BCUT2D eigenvalue weighted by atomic mass is 9.41. The molecule has 5 aliphatic rings. The van der Waals surface area contributed by atoms with Crippen LogP contribution >= 0.6 is 0 Å². The van der Waals surface area contributed by atoms with E-state index in [0.717, 1.165) is 25.7 Å². The van der Waals surface area contributed by atoms with Gasteiger partial charge in [-0.05, 0) is 105 Å². The molecule has 1 saturated heterocycles. The van der Waals surface area contributed by atoms with Crippen LogP contribution in [0.2, 0.25) is 0 Å². The highest BCUT2D eigenvalue weighted by Gasteiger charge is 2.66. The van der Waals surface area contributed by atoms with Gasteiger partial charge in [-0.1, -0.05) is 57.9 Å². The van der Waals surface area contributed by atoms with Gasteiger partial charge in [-0.2, -0.15) is 0 Å². The van der Waals surface area contributed by atoms with Gasteiger partial charge in [0.1, 0.15) is 0 Å². The zero-order valence-electron chi connectivity index (χ0n) is 22.2. The van der Waals surface area contributed by atoms with E-state index < -0.39 is 6.29 Å². The van der Waals surface area contributed by atoms with Crippen LogP contribution in [0.3, 0.4) is 0 Å². The molecule has 0 spiro atoms. The molecule has 4 aliphatic carbocycles. The summed E-state index contributed by atoms with van der Waals surface area (Å²) in [5.74, 6) is 1.96. The summed E-state index contributed by atoms with van der Waals surface area (Å²) in [6.45, 7) is 16.5. The lowest BCUT2D eigenvalue weighted by Gasteiger charge is -2.64. The second-order valence-corrected chi connectivity index (χ2v) is 14.0. The SMILES string of the molecule is CC(C)=CC1C[C@@H]([C@@H]2CC[C@]3(C)C4=CC[C@H]5C(C)(C)[C@H](O)CC[C@]5(C)[C@H]4CC[C@@]23C)[C@H](O)O1. The smallest absolute Gasteiger partial charge is 0.158 e. The highest BCUT2D eigenvalue weighted by molar-refractivity contribution is 5.33. The molecule has 3 saturated carbocycles. The zero-order valence-corrected chi connectivity index (χ0v) is 22.2. The summed E-state index contributed by atoms with van der Waals surface area (Å²) in [6, 6.07) is 0. The van der Waals surface area contributed by atoms with Crippen molar-refractivity contribution in [3.63, 3.8) is 0 Å². The Hall–Kier alpha value is -0.640. The van der Waals surface area contributed by atoms with Crippen molar-refractivity contribution in [2.24, 2.45) is 45.3 Å². The topological polar surface area (TPSA) is 49.7 Å². The van der Waals surface area contributed by atoms with Crippen molar-refractivity contribution in [1.29, 1.82) is 0 Å². The van der Waals surface area contributed by atoms with Crippen LogP contribution in [0.4, 0.5) is 0 Å². The molecule has 1 aliphatic heterocycles. The van der Waals surface area contributed by atoms with Gasteiger partial charge < -0.3 is 14.9 Å². The monoisotopic (exact) mass is 456 g/mol. The van der Waals surface area contributed by atoms with Gasteiger partial charge in [-0.25, -0.2) is 0 Å². The van der Waals surface area contributed by atoms with E-state index >= 15 is 0 Å². The summed E-state index contributed by atoms with van der Waals surface area (Å²) in [4.78, 5) is 0. The van der Waals surface area contributed by atoms with E-state index in [1.807, 2.05) is 0 Å². The molecule has 0 bridgehead atoms. The number of ether oxygens (including phenoxy) is 1. The van der Waals surface area contributed by atoms with Crippen LogP contribution in [0.1, 0.15) is 99.8 Å². The van der Waals surface area contributed by atoms with Crippen molar-refractivity contribution in [2.75, 3.05) is 0 Å². The Morgan fingerprint density at radius 2 is 1.73 bits per heavy atom. The normalized spacial score (nSPS) is 53.0. The summed E-state index contributed by atoms with van der Waals surface area (Å²) >= 11 is 0. The summed E-state index contributed by atoms with van der Waals surface area (Å²) in [6.07, 6.45) is 13.2. The molecular weight excluding hydrogens is 408 g/mol. The molecule has 0 aromatic rings. The van der Waals surface area contributed by atoms with Crippen LogP contribution in [0, 0.1) is 45.3 Å². The molecule has 0 amide bonds. The molecule has 0 aromatic carbocycles. The highest BCUT2D eigenvalue weighted by Crippen LogP contribution is 2.73. The Kier molecular flexibility index (Phi) is 5.60. The molecule has 186 valence electrons. The molecule has 1 heterocycles. The average molecular weight is 457 g/mol. The number of hydrogen-bond donors (Lipinski definition) is 2. The maximum absolute atomic E-state index is 10.9. The molecule has 33 heavy (non-hydrogen) atoms. The third-order valence-corrected chi connectivity index (χ3v) is 12.1. The molecule has 0 radical (unpaired) electrons. The molecule has 0 aromatic heterocycles. The molecule has 4 fully saturated rings. The maximum atomic E-state index is 10.9. The minimum absolute atomic E-state index is 0.0138. The van der Waals surface area contributed by atoms with E-state index in [0.29, 0.717) is 23.2 Å². The van der Waals surface area contributed by atoms with Crippen LogP contribution in [-0.4, -0.2) is 28.7 Å². The lowest BCUT2D eigenvalue weighted by molar-refractivity contribution is -0.140. The van der Waals surface area contributed by atoms with Gasteiger partial charge in [0.2, 0.25) is 0 Å². The second kappa shape index (κ2) is 7.68. The van der Waals surface area contributed by atoms with E-state index in [2.05, 4.69) is 60.6 Å². The van der Waals surface area contributed by atoms with Crippen molar-refractivity contribution in [2.45, 2.75) is 118 Å². The van der Waals surface area contributed by atoms with Crippen LogP contribution in [0.25, 0.3) is 0 Å². The molecular formula is C30H48O3. The average Bonchev–Trinajstić information content (AvgIpc) is 3.20. The third kappa shape index (κ3) is 3.24. The fourth-order valence-corrected chi connectivity index (χ4v) is 9.99. The molecule has 3 heteroatoms. The largest absolute Gasteiger partial charge is 0.393 e. The van der Waals surface area contributed by atoms with Crippen LogP contribution in [0.15, 0.2) is 23.3 Å². The van der Waals surface area contributed by atoms with E-state index in [1.54, 1.807) is 5.57 Å². The summed E-state index contributed by atoms with van der Waals surface area (Å²) < 4.78 is 6.02. The number of aliphatic hydroxyl groups excluding tert-OH is 2. The predicted octanol–water partition coefficient (Wildman–Crippen LogP) is 6.64. The fourth-order valence-electron chi connectivity index (χ4n) is 9.99. The Labute approximate surface area is 202 Å². The first kappa shape index (κ1) is 24.1. The predicted molar refractivity (Wildman–Crippen MR) is 133 cm³/mol. The summed E-state index contributed by atoms with van der Waals surface area (Å²) in [5.41, 5.74) is 3.71. The first-order chi connectivity index (χ1) is 15.3. The van der Waals surface area contributed by atoms with Crippen molar-refractivity contribution in [3.8, 4) is 0 Å². The Bertz CT molecular complexity index is 853. The Balaban J connectivity index is 1.46. The quantitative estimate of drug-likeness (QED) is 0.458. The molecule has 10 atom stereocenters. The maximum Gasteiger partial charge on any atom is 0.158 e. The van der Waals surface area contributed by atoms with Gasteiger partial charge in [0.15, 0.2) is 6.29 Å². The van der Waals surface area contributed by atoms with Gasteiger partial charge in [0.05, 0.1) is 12.2 Å². The minimum Gasteiger partial charge on any atom is -0.393 e. The van der Waals surface area contributed by atoms with Crippen LogP contribution in [0.5, 0.6) is 0 Å². The first-order valence-electron chi connectivity index (χ1n) is 13.7. The van der Waals surface area contributed by atoms with Gasteiger partial charge in [0, 0.05) is 5.92 Å². The van der Waals surface area contributed by atoms with Crippen molar-refractivity contribution >= 4 is 0 Å². The minimum atomic E-state index is -0.629. The number of hydrogen-bond acceptors (Lipinski definition) is 3. The molecule has 2 N–H and O–H groups in total. The van der Waals surface area contributed by atoms with E-state index in [1.165, 1.54) is 31.3 Å². The van der Waals surface area contributed by atoms with Crippen LogP contribution < -0.4 is 0 Å². The lowest BCUT2D eigenvalue weighted by Crippen LogP contribution is -2.58. The van der Waals surface area contributed by atoms with Gasteiger partial charge in [-0.3, -0.25) is 0 Å². The number of allylic oxidation sites excluding steroid dienone is 3.